The van der Waals surface area contributed by atoms with Crippen molar-refractivity contribution in [2.75, 3.05) is 0 Å². The fourth-order valence-corrected chi connectivity index (χ4v) is 1.90. The molecule has 1 heterocycles. The van der Waals surface area contributed by atoms with E-state index in [-0.39, 0.29) is 6.42 Å². The van der Waals surface area contributed by atoms with Gasteiger partial charge in [0, 0.05) is 11.1 Å². The van der Waals surface area contributed by atoms with Gasteiger partial charge in [0.15, 0.2) is 0 Å². The van der Waals surface area contributed by atoms with E-state index in [4.69, 9.17) is 5.73 Å². The lowest BCUT2D eigenvalue weighted by molar-refractivity contribution is 0.0639. The molecule has 1 unspecified atom stereocenters. The van der Waals surface area contributed by atoms with Gasteiger partial charge in [-0.1, -0.05) is 12.1 Å². The molecule has 0 fully saturated rings. The first-order valence-electron chi connectivity index (χ1n) is 5.82. The number of hydrogen-bond donors (Lipinski definition) is 1. The van der Waals surface area contributed by atoms with Crippen molar-refractivity contribution in [2.24, 2.45) is 5.73 Å². The van der Waals surface area contributed by atoms with E-state index in [9.17, 15) is 8.78 Å². The Morgan fingerprint density at radius 3 is 2.67 bits per heavy atom. The molecule has 0 radical (unpaired) electrons. The third-order valence-corrected chi connectivity index (χ3v) is 2.98. The van der Waals surface area contributed by atoms with E-state index in [1.54, 1.807) is 0 Å². The van der Waals surface area contributed by atoms with E-state index < -0.39 is 12.0 Å². The van der Waals surface area contributed by atoms with Crippen molar-refractivity contribution >= 4 is 10.9 Å². The van der Waals surface area contributed by atoms with Crippen LogP contribution in [0.25, 0.3) is 10.9 Å². The average molecular weight is 250 g/mol. The van der Waals surface area contributed by atoms with Crippen LogP contribution >= 0.6 is 0 Å². The minimum absolute atomic E-state index is 0.147. The van der Waals surface area contributed by atoms with E-state index >= 15 is 0 Å². The predicted octanol–water partition coefficient (Wildman–Crippen LogP) is 3.07. The maximum Gasteiger partial charge on any atom is 0.256 e. The second kappa shape index (κ2) is 4.61. The topological polar surface area (TPSA) is 38.9 Å². The van der Waals surface area contributed by atoms with Crippen molar-refractivity contribution in [1.82, 2.24) is 4.98 Å². The number of rotatable bonds is 3. The molecule has 1 aromatic carbocycles. The first kappa shape index (κ1) is 12.9. The van der Waals surface area contributed by atoms with Gasteiger partial charge in [-0.15, -0.1) is 0 Å². The molecule has 2 N–H and O–H groups in total. The fraction of sp³-hybridized carbons (Fsp3) is 0.357. The molecule has 0 amide bonds. The summed E-state index contributed by atoms with van der Waals surface area (Å²) in [6.07, 6.45) is -2.39. The molecule has 2 nitrogen and oxygen atoms in total. The van der Waals surface area contributed by atoms with Crippen LogP contribution in [-0.4, -0.2) is 16.9 Å². The Balaban J connectivity index is 2.33. The number of nitrogens with two attached hydrogens (primary N) is 1. The number of halogens is 2. The minimum Gasteiger partial charge on any atom is -0.320 e. The predicted molar refractivity (Wildman–Crippen MR) is 68.8 cm³/mol. The van der Waals surface area contributed by atoms with Gasteiger partial charge in [0.05, 0.1) is 11.1 Å². The summed E-state index contributed by atoms with van der Waals surface area (Å²) in [5, 5.41) is 0.947. The van der Waals surface area contributed by atoms with E-state index in [2.05, 4.69) is 4.98 Å². The lowest BCUT2D eigenvalue weighted by atomic mass is 9.93. The van der Waals surface area contributed by atoms with Crippen molar-refractivity contribution in [3.05, 3.63) is 41.6 Å². The summed E-state index contributed by atoms with van der Waals surface area (Å²) < 4.78 is 25.5. The van der Waals surface area contributed by atoms with Gasteiger partial charge in [-0.2, -0.15) is 0 Å². The molecule has 1 atom stereocenters. The highest BCUT2D eigenvalue weighted by atomic mass is 19.3. The van der Waals surface area contributed by atoms with Crippen LogP contribution in [-0.2, 0) is 6.42 Å². The third-order valence-electron chi connectivity index (χ3n) is 2.98. The third kappa shape index (κ3) is 2.64. The van der Waals surface area contributed by atoms with Crippen LogP contribution in [0.4, 0.5) is 8.78 Å². The number of pyridine rings is 1. The molecular formula is C14H16F2N2. The fourth-order valence-electron chi connectivity index (χ4n) is 1.90. The Morgan fingerprint density at radius 2 is 2.00 bits per heavy atom. The second-order valence-corrected chi connectivity index (χ2v) is 4.96. The van der Waals surface area contributed by atoms with Crippen LogP contribution in [0.15, 0.2) is 30.3 Å². The van der Waals surface area contributed by atoms with Gasteiger partial charge in [0.2, 0.25) is 0 Å². The molecule has 0 aliphatic heterocycles. The number of hydrogen-bond acceptors (Lipinski definition) is 2. The van der Waals surface area contributed by atoms with Crippen LogP contribution in [0.3, 0.4) is 0 Å². The summed E-state index contributed by atoms with van der Waals surface area (Å²) in [7, 11) is 0. The average Bonchev–Trinajstić information content (AvgIpc) is 2.28. The normalized spacial score (nSPS) is 15.0. The van der Waals surface area contributed by atoms with Crippen molar-refractivity contribution in [1.29, 1.82) is 0 Å². The summed E-state index contributed by atoms with van der Waals surface area (Å²) in [6.45, 7) is 3.29. The Labute approximate surface area is 105 Å². The Hall–Kier alpha value is -1.55. The molecule has 0 saturated heterocycles. The quantitative estimate of drug-likeness (QED) is 0.909. The van der Waals surface area contributed by atoms with Crippen LogP contribution in [0.5, 0.6) is 0 Å². The van der Waals surface area contributed by atoms with Gasteiger partial charge in [-0.25, -0.2) is 8.78 Å². The molecule has 0 spiro atoms. The number of fused-ring (bicyclic) bond motifs is 1. The smallest absolute Gasteiger partial charge is 0.256 e. The molecule has 1 aromatic heterocycles. The van der Waals surface area contributed by atoms with Crippen molar-refractivity contribution in [3.8, 4) is 0 Å². The summed E-state index contributed by atoms with van der Waals surface area (Å²) in [5.41, 5.74) is 6.71. The number of nitrogens with zero attached hydrogens (tertiary/aromatic N) is 1. The van der Waals surface area contributed by atoms with Gasteiger partial charge in [0.25, 0.3) is 6.43 Å². The second-order valence-electron chi connectivity index (χ2n) is 4.96. The number of alkyl halides is 2. The van der Waals surface area contributed by atoms with Crippen molar-refractivity contribution < 1.29 is 8.78 Å². The monoisotopic (exact) mass is 250 g/mol. The van der Waals surface area contributed by atoms with Crippen LogP contribution in [0.2, 0.25) is 0 Å². The Morgan fingerprint density at radius 1 is 1.28 bits per heavy atom. The molecule has 0 aliphatic carbocycles. The van der Waals surface area contributed by atoms with Gasteiger partial charge < -0.3 is 5.73 Å². The van der Waals surface area contributed by atoms with Gasteiger partial charge in [-0.3, -0.25) is 4.98 Å². The maximum absolute atomic E-state index is 12.7. The van der Waals surface area contributed by atoms with Gasteiger partial charge >= 0.3 is 0 Å². The zero-order chi connectivity index (χ0) is 13.3. The molecule has 18 heavy (non-hydrogen) atoms. The number of benzene rings is 1. The van der Waals surface area contributed by atoms with Crippen LogP contribution < -0.4 is 5.73 Å². The zero-order valence-corrected chi connectivity index (χ0v) is 10.5. The molecular weight excluding hydrogens is 234 g/mol. The van der Waals surface area contributed by atoms with Crippen molar-refractivity contribution in [3.63, 3.8) is 0 Å². The summed E-state index contributed by atoms with van der Waals surface area (Å²) in [4.78, 5) is 4.37. The minimum atomic E-state index is -2.54. The molecule has 96 valence electrons. The molecule has 0 bridgehead atoms. The Kier molecular flexibility index (Phi) is 3.30. The first-order chi connectivity index (χ1) is 8.38. The lowest BCUT2D eigenvalue weighted by Crippen LogP contribution is -2.45. The van der Waals surface area contributed by atoms with Crippen LogP contribution in [0, 0.1) is 6.92 Å². The number of aryl methyl sites for hydroxylation is 1. The summed E-state index contributed by atoms with van der Waals surface area (Å²) in [6, 6.07) is 9.37. The van der Waals surface area contributed by atoms with Crippen LogP contribution in [0.1, 0.15) is 18.2 Å². The highest BCUT2D eigenvalue weighted by Gasteiger charge is 2.30. The van der Waals surface area contributed by atoms with E-state index in [1.165, 1.54) is 6.92 Å². The van der Waals surface area contributed by atoms with Gasteiger partial charge in [-0.05, 0) is 44.0 Å². The molecule has 0 aliphatic rings. The standard InChI is InChI=1S/C14H16F2N2/c1-9-3-5-11-7-10(4-6-12(11)18-9)8-14(2,17)13(15)16/h3-7,13H,8,17H2,1-2H3. The Bertz CT molecular complexity index is 565. The summed E-state index contributed by atoms with van der Waals surface area (Å²) >= 11 is 0. The van der Waals surface area contributed by atoms with Crippen molar-refractivity contribution in [2.45, 2.75) is 32.2 Å². The molecule has 0 saturated carbocycles. The first-order valence-corrected chi connectivity index (χ1v) is 5.82. The van der Waals surface area contributed by atoms with Gasteiger partial charge in [0.1, 0.15) is 0 Å². The molecule has 4 heteroatoms. The lowest BCUT2D eigenvalue weighted by Gasteiger charge is -2.23. The van der Waals surface area contributed by atoms with E-state index in [0.29, 0.717) is 0 Å². The highest BCUT2D eigenvalue weighted by molar-refractivity contribution is 5.79. The summed E-state index contributed by atoms with van der Waals surface area (Å²) in [5.74, 6) is 0. The number of aromatic nitrogens is 1. The maximum atomic E-state index is 12.7. The largest absolute Gasteiger partial charge is 0.320 e. The van der Waals surface area contributed by atoms with E-state index in [1.807, 2.05) is 37.3 Å². The molecule has 2 aromatic rings. The molecule has 2 rings (SSSR count). The zero-order valence-electron chi connectivity index (χ0n) is 10.5. The highest BCUT2D eigenvalue weighted by Crippen LogP contribution is 2.21. The van der Waals surface area contributed by atoms with E-state index in [0.717, 1.165) is 22.2 Å². The SMILES string of the molecule is Cc1ccc2cc(CC(C)(N)C(F)F)ccc2n1.